The van der Waals surface area contributed by atoms with E-state index in [0.717, 1.165) is 24.7 Å². The van der Waals surface area contributed by atoms with Gasteiger partial charge in [0.1, 0.15) is 5.75 Å². The van der Waals surface area contributed by atoms with Crippen LogP contribution >= 0.6 is 24.8 Å². The predicted molar refractivity (Wildman–Crippen MR) is 112 cm³/mol. The van der Waals surface area contributed by atoms with Gasteiger partial charge in [-0.2, -0.15) is 0 Å². The van der Waals surface area contributed by atoms with Gasteiger partial charge in [-0.1, -0.05) is 18.2 Å². The second kappa shape index (κ2) is 9.61. The minimum Gasteiger partial charge on any atom is -0.493 e. The monoisotopic (exact) mass is 401 g/mol. The van der Waals surface area contributed by atoms with Crippen molar-refractivity contribution in [2.75, 3.05) is 52.9 Å². The van der Waals surface area contributed by atoms with Crippen LogP contribution in [0.25, 0.3) is 0 Å². The van der Waals surface area contributed by atoms with E-state index in [-0.39, 0.29) is 24.8 Å². The number of halogens is 2. The van der Waals surface area contributed by atoms with Crippen LogP contribution in [0.2, 0.25) is 0 Å². The maximum absolute atomic E-state index is 5.96. The van der Waals surface area contributed by atoms with Crippen molar-refractivity contribution >= 4 is 24.8 Å². The van der Waals surface area contributed by atoms with Gasteiger partial charge in [-0.3, -0.25) is 9.80 Å². The van der Waals surface area contributed by atoms with Crippen LogP contribution in [0, 0.1) is 5.92 Å². The van der Waals surface area contributed by atoms with Gasteiger partial charge in [0.25, 0.3) is 0 Å². The zero-order chi connectivity index (χ0) is 16.4. The number of benzene rings is 1. The summed E-state index contributed by atoms with van der Waals surface area (Å²) in [5.74, 6) is 1.82. The highest BCUT2D eigenvalue weighted by Crippen LogP contribution is 2.31. The minimum absolute atomic E-state index is 0. The number of rotatable bonds is 2. The third kappa shape index (κ3) is 4.66. The van der Waals surface area contributed by atoms with Crippen LogP contribution in [0.3, 0.4) is 0 Å². The quantitative estimate of drug-likeness (QED) is 0.824. The highest BCUT2D eigenvalue weighted by molar-refractivity contribution is 5.85. The van der Waals surface area contributed by atoms with Crippen molar-refractivity contribution in [2.45, 2.75) is 31.2 Å². The molecule has 4 nitrogen and oxygen atoms in total. The Morgan fingerprint density at radius 2 is 1.92 bits per heavy atom. The molecule has 2 saturated heterocycles. The molecule has 26 heavy (non-hydrogen) atoms. The number of hydrogen-bond donors (Lipinski definition) is 1. The Hall–Kier alpha value is -0.520. The Kier molecular flexibility index (Phi) is 8.05. The summed E-state index contributed by atoms with van der Waals surface area (Å²) in [7, 11) is 2.33. The van der Waals surface area contributed by atoms with Crippen molar-refractivity contribution in [1.82, 2.24) is 15.1 Å². The molecule has 1 aromatic carbocycles. The molecular weight excluding hydrogens is 369 g/mol. The van der Waals surface area contributed by atoms with Gasteiger partial charge in [0.05, 0.1) is 6.61 Å². The molecule has 0 aliphatic carbocycles. The fourth-order valence-electron chi connectivity index (χ4n) is 4.82. The maximum Gasteiger partial charge on any atom is 0.122 e. The number of para-hydroxylation sites is 1. The van der Waals surface area contributed by atoms with Crippen molar-refractivity contribution in [3.8, 4) is 5.75 Å². The van der Waals surface area contributed by atoms with Crippen LogP contribution in [0.15, 0.2) is 24.3 Å². The zero-order valence-electron chi connectivity index (χ0n) is 15.8. The van der Waals surface area contributed by atoms with Gasteiger partial charge in [0, 0.05) is 31.7 Å². The molecule has 1 spiro atoms. The van der Waals surface area contributed by atoms with Gasteiger partial charge in [-0.25, -0.2) is 0 Å². The summed E-state index contributed by atoms with van der Waals surface area (Å²) >= 11 is 0. The number of piperidine rings is 1. The Bertz CT molecular complexity index is 566. The van der Waals surface area contributed by atoms with E-state index in [2.05, 4.69) is 46.4 Å². The first-order valence-electron chi connectivity index (χ1n) is 9.60. The van der Waals surface area contributed by atoms with E-state index >= 15 is 0 Å². The van der Waals surface area contributed by atoms with Crippen molar-refractivity contribution < 1.29 is 4.74 Å². The lowest BCUT2D eigenvalue weighted by Gasteiger charge is -2.52. The van der Waals surface area contributed by atoms with Crippen molar-refractivity contribution in [2.24, 2.45) is 5.92 Å². The largest absolute Gasteiger partial charge is 0.493 e. The number of nitrogens with one attached hydrogen (secondary N) is 1. The molecule has 0 amide bonds. The minimum atomic E-state index is 0. The molecule has 1 N–H and O–H groups in total. The third-order valence-corrected chi connectivity index (χ3v) is 6.39. The molecule has 2 fully saturated rings. The van der Waals surface area contributed by atoms with Crippen LogP contribution in [-0.4, -0.2) is 68.3 Å². The standard InChI is InChI=1S/C20H31N3O.2ClH/c1-22-11-12-23(16-20(22)7-9-21-10-8-20)15-17-6-13-24-19-5-3-2-4-18(19)14-17;;/h2-5,17,21H,6-16H2,1H3;2*1H. The molecule has 3 aliphatic rings. The topological polar surface area (TPSA) is 27.7 Å². The molecule has 1 unspecified atom stereocenters. The van der Waals surface area contributed by atoms with E-state index < -0.39 is 0 Å². The van der Waals surface area contributed by atoms with Gasteiger partial charge in [-0.05, 0) is 63.4 Å². The molecule has 0 bridgehead atoms. The van der Waals surface area contributed by atoms with Gasteiger partial charge < -0.3 is 10.1 Å². The average Bonchev–Trinajstić information content (AvgIpc) is 2.81. The Morgan fingerprint density at radius 3 is 2.73 bits per heavy atom. The van der Waals surface area contributed by atoms with Crippen LogP contribution in [0.5, 0.6) is 5.75 Å². The lowest BCUT2D eigenvalue weighted by Crippen LogP contribution is -2.64. The molecule has 1 aromatic rings. The Morgan fingerprint density at radius 1 is 1.15 bits per heavy atom. The number of fused-ring (bicyclic) bond motifs is 1. The van der Waals surface area contributed by atoms with E-state index in [4.69, 9.17) is 4.74 Å². The van der Waals surface area contributed by atoms with E-state index in [0.29, 0.717) is 5.54 Å². The van der Waals surface area contributed by atoms with Crippen molar-refractivity contribution in [3.63, 3.8) is 0 Å². The average molecular weight is 402 g/mol. The molecule has 0 radical (unpaired) electrons. The summed E-state index contributed by atoms with van der Waals surface area (Å²) in [5.41, 5.74) is 1.80. The van der Waals surface area contributed by atoms with Crippen LogP contribution in [0.4, 0.5) is 0 Å². The first-order valence-corrected chi connectivity index (χ1v) is 9.60. The SMILES string of the molecule is CN1CCN(CC2CCOc3ccccc3C2)CC12CCNCC2.Cl.Cl. The molecule has 4 rings (SSSR count). The van der Waals surface area contributed by atoms with E-state index in [1.54, 1.807) is 0 Å². The second-order valence-corrected chi connectivity index (χ2v) is 7.95. The third-order valence-electron chi connectivity index (χ3n) is 6.39. The van der Waals surface area contributed by atoms with Crippen LogP contribution in [-0.2, 0) is 6.42 Å². The second-order valence-electron chi connectivity index (χ2n) is 7.95. The number of hydrogen-bond acceptors (Lipinski definition) is 4. The van der Waals surface area contributed by atoms with Gasteiger partial charge in [0.2, 0.25) is 0 Å². The molecule has 1 atom stereocenters. The summed E-state index contributed by atoms with van der Waals surface area (Å²) in [6.45, 7) is 8.09. The fraction of sp³-hybridized carbons (Fsp3) is 0.700. The summed E-state index contributed by atoms with van der Waals surface area (Å²) < 4.78 is 5.96. The Labute approximate surface area is 170 Å². The number of piperazine rings is 1. The number of ether oxygens (including phenoxy) is 1. The van der Waals surface area contributed by atoms with E-state index in [1.165, 1.54) is 64.1 Å². The predicted octanol–water partition coefficient (Wildman–Crippen LogP) is 2.84. The molecule has 148 valence electrons. The highest BCUT2D eigenvalue weighted by atomic mass is 35.5. The molecule has 6 heteroatoms. The molecule has 0 aromatic heterocycles. The number of likely N-dealkylation sites (N-methyl/N-ethyl adjacent to an activating group) is 1. The molecule has 0 saturated carbocycles. The van der Waals surface area contributed by atoms with Gasteiger partial charge >= 0.3 is 0 Å². The van der Waals surface area contributed by atoms with Gasteiger partial charge in [-0.15, -0.1) is 24.8 Å². The molecular formula is C20H33Cl2N3O. The molecule has 3 heterocycles. The van der Waals surface area contributed by atoms with Crippen molar-refractivity contribution in [3.05, 3.63) is 29.8 Å². The lowest BCUT2D eigenvalue weighted by atomic mass is 9.84. The molecule has 3 aliphatic heterocycles. The van der Waals surface area contributed by atoms with Crippen LogP contribution < -0.4 is 10.1 Å². The van der Waals surface area contributed by atoms with Gasteiger partial charge in [0.15, 0.2) is 0 Å². The summed E-state index contributed by atoms with van der Waals surface area (Å²) in [6, 6.07) is 8.59. The smallest absolute Gasteiger partial charge is 0.122 e. The van der Waals surface area contributed by atoms with E-state index in [9.17, 15) is 0 Å². The zero-order valence-corrected chi connectivity index (χ0v) is 17.4. The first-order chi connectivity index (χ1) is 11.8. The van der Waals surface area contributed by atoms with Crippen molar-refractivity contribution in [1.29, 1.82) is 0 Å². The van der Waals surface area contributed by atoms with Crippen LogP contribution in [0.1, 0.15) is 24.8 Å². The lowest BCUT2D eigenvalue weighted by molar-refractivity contribution is -0.0110. The maximum atomic E-state index is 5.96. The highest BCUT2D eigenvalue weighted by Gasteiger charge is 2.40. The summed E-state index contributed by atoms with van der Waals surface area (Å²) in [6.07, 6.45) is 4.92. The normalized spacial score (nSPS) is 26.0. The summed E-state index contributed by atoms with van der Waals surface area (Å²) in [5, 5.41) is 3.53. The van der Waals surface area contributed by atoms with E-state index in [1.807, 2.05) is 0 Å². The fourth-order valence-corrected chi connectivity index (χ4v) is 4.82. The Balaban J connectivity index is 0.00000121. The number of nitrogens with zero attached hydrogens (tertiary/aromatic N) is 2. The first kappa shape index (κ1) is 21.8. The summed E-state index contributed by atoms with van der Waals surface area (Å²) in [4.78, 5) is 5.37.